The zero-order valence-corrected chi connectivity index (χ0v) is 30.6. The average Bonchev–Trinajstić information content (AvgIpc) is 3.60. The lowest BCUT2D eigenvalue weighted by molar-refractivity contribution is -0.138. The molecule has 0 spiro atoms. The lowest BCUT2D eigenvalue weighted by Crippen LogP contribution is -2.40. The van der Waals surface area contributed by atoms with E-state index in [4.69, 9.17) is 42.4 Å². The Kier molecular flexibility index (Phi) is 9.61. The van der Waals surface area contributed by atoms with Crippen LogP contribution in [0, 0.1) is 6.92 Å². The fourth-order valence-electron chi connectivity index (χ4n) is 6.57. The van der Waals surface area contributed by atoms with E-state index < -0.39 is 12.0 Å². The van der Waals surface area contributed by atoms with E-state index in [-0.39, 0.29) is 17.7 Å². The molecule has 0 radical (unpaired) electrons. The molecule has 0 fully saturated rings. The second kappa shape index (κ2) is 14.3. The number of hydrogen-bond donors (Lipinski definition) is 0. The minimum Gasteiger partial charge on any atom is -0.493 e. The fraction of sp³-hybridized carbons (Fsp3) is 0.175. The van der Waals surface area contributed by atoms with Gasteiger partial charge in [0.25, 0.3) is 5.56 Å². The summed E-state index contributed by atoms with van der Waals surface area (Å²) >= 11 is 14.1. The number of nitrogens with zero attached hydrogens (tertiary/aromatic N) is 3. The highest BCUT2D eigenvalue weighted by Crippen LogP contribution is 2.38. The van der Waals surface area contributed by atoms with Crippen LogP contribution >= 0.6 is 34.5 Å². The summed E-state index contributed by atoms with van der Waals surface area (Å²) in [7, 11) is 3.10. The summed E-state index contributed by atoms with van der Waals surface area (Å²) < 4.78 is 21.0. The van der Waals surface area contributed by atoms with Crippen LogP contribution in [0.15, 0.2) is 106 Å². The molecule has 258 valence electrons. The van der Waals surface area contributed by atoms with Gasteiger partial charge < -0.3 is 18.8 Å². The summed E-state index contributed by atoms with van der Waals surface area (Å²) in [6.45, 7) is 4.45. The normalized spacial score (nSPS) is 14.4. The summed E-state index contributed by atoms with van der Waals surface area (Å²) in [4.78, 5) is 34.0. The van der Waals surface area contributed by atoms with E-state index >= 15 is 0 Å². The second-order valence-electron chi connectivity index (χ2n) is 11.9. The van der Waals surface area contributed by atoms with E-state index in [0.29, 0.717) is 48.7 Å². The number of fused-ring (bicyclic) bond motifs is 2. The first-order chi connectivity index (χ1) is 24.7. The summed E-state index contributed by atoms with van der Waals surface area (Å²) in [5.41, 5.74) is 5.55. The van der Waals surface area contributed by atoms with Gasteiger partial charge in [-0.2, -0.15) is 0 Å². The molecule has 0 aliphatic carbocycles. The molecule has 1 atom stereocenters. The molecule has 3 heterocycles. The van der Waals surface area contributed by atoms with Crippen molar-refractivity contribution in [1.82, 2.24) is 9.13 Å². The Hall–Kier alpha value is -5.09. The molecule has 0 saturated carbocycles. The molecule has 0 saturated heterocycles. The summed E-state index contributed by atoms with van der Waals surface area (Å²) in [5, 5.41) is 2.14. The smallest absolute Gasteiger partial charge is 0.338 e. The third-order valence-corrected chi connectivity index (χ3v) is 10.6. The van der Waals surface area contributed by atoms with Crippen LogP contribution in [0.3, 0.4) is 0 Å². The van der Waals surface area contributed by atoms with Gasteiger partial charge in [0.1, 0.15) is 0 Å². The van der Waals surface area contributed by atoms with Gasteiger partial charge in [0, 0.05) is 44.3 Å². The van der Waals surface area contributed by atoms with E-state index in [0.717, 1.165) is 33.3 Å². The zero-order valence-electron chi connectivity index (χ0n) is 28.3. The minimum absolute atomic E-state index is 0.151. The Balaban J connectivity index is 1.48. The first-order valence-electron chi connectivity index (χ1n) is 16.3. The van der Waals surface area contributed by atoms with Crippen molar-refractivity contribution in [1.29, 1.82) is 0 Å². The molecule has 0 amide bonds. The largest absolute Gasteiger partial charge is 0.493 e. The van der Waals surface area contributed by atoms with Crippen molar-refractivity contribution in [2.24, 2.45) is 4.99 Å². The number of benzene rings is 4. The standard InChI is InChI=1S/C40H33Cl2N3O5S/c1-5-50-39(47)35-36(24-11-7-6-8-12-24)43-40-45(37(35)25-16-18-32(48-3)33(19-25)49-4)38(46)34(51-40)21-29-23(2)44(31-14-10-9-13-28(29)31)22-26-15-17-27(41)20-30(26)42/h6-21,37H,5,22H2,1-4H3/b34-21-/t37-/m0/s1. The molecule has 6 aromatic rings. The molecule has 1 aliphatic rings. The molecule has 0 bridgehead atoms. The maximum atomic E-state index is 14.7. The van der Waals surface area contributed by atoms with Gasteiger partial charge in [0.15, 0.2) is 16.3 Å². The molecule has 8 nitrogen and oxygen atoms in total. The van der Waals surface area contributed by atoms with E-state index in [1.165, 1.54) is 11.3 Å². The van der Waals surface area contributed by atoms with Crippen LogP contribution in [0.4, 0.5) is 0 Å². The van der Waals surface area contributed by atoms with E-state index in [1.54, 1.807) is 43.9 Å². The summed E-state index contributed by atoms with van der Waals surface area (Å²) in [6, 6.07) is 27.5. The molecule has 2 aromatic heterocycles. The van der Waals surface area contributed by atoms with Crippen LogP contribution in [0.5, 0.6) is 11.5 Å². The minimum atomic E-state index is -0.869. The number of esters is 1. The Morgan fingerprint density at radius 1 is 0.941 bits per heavy atom. The zero-order chi connectivity index (χ0) is 35.8. The Morgan fingerprint density at radius 2 is 1.69 bits per heavy atom. The maximum Gasteiger partial charge on any atom is 0.338 e. The van der Waals surface area contributed by atoms with Crippen LogP contribution in [-0.2, 0) is 16.1 Å². The first-order valence-corrected chi connectivity index (χ1v) is 17.8. The monoisotopic (exact) mass is 737 g/mol. The van der Waals surface area contributed by atoms with Crippen LogP contribution in [0.1, 0.15) is 40.9 Å². The van der Waals surface area contributed by atoms with Crippen LogP contribution < -0.4 is 24.4 Å². The van der Waals surface area contributed by atoms with Crippen LogP contribution in [0.2, 0.25) is 10.0 Å². The molecular weight excluding hydrogens is 705 g/mol. The van der Waals surface area contributed by atoms with E-state index in [2.05, 4.69) is 10.6 Å². The molecule has 4 aromatic carbocycles. The Bertz CT molecular complexity index is 2540. The van der Waals surface area contributed by atoms with Gasteiger partial charge in [-0.15, -0.1) is 0 Å². The van der Waals surface area contributed by atoms with Gasteiger partial charge in [0.05, 0.1) is 42.7 Å². The predicted octanol–water partition coefficient (Wildman–Crippen LogP) is 7.57. The number of para-hydroxylation sites is 1. The van der Waals surface area contributed by atoms with Crippen molar-refractivity contribution >= 4 is 63.2 Å². The fourth-order valence-corrected chi connectivity index (χ4v) is 8.02. The van der Waals surface area contributed by atoms with Gasteiger partial charge in [-0.1, -0.05) is 95.2 Å². The highest BCUT2D eigenvalue weighted by Gasteiger charge is 2.35. The van der Waals surface area contributed by atoms with Crippen molar-refractivity contribution in [3.63, 3.8) is 0 Å². The number of thiazole rings is 1. The molecule has 0 N–H and O–H groups in total. The molecule has 1 aliphatic heterocycles. The van der Waals surface area contributed by atoms with Crippen molar-refractivity contribution in [2.75, 3.05) is 20.8 Å². The number of rotatable bonds is 9. The maximum absolute atomic E-state index is 14.7. The van der Waals surface area contributed by atoms with Crippen molar-refractivity contribution in [3.8, 4) is 11.5 Å². The van der Waals surface area contributed by atoms with E-state index in [9.17, 15) is 9.59 Å². The number of methoxy groups -OCH3 is 2. The Morgan fingerprint density at radius 3 is 2.41 bits per heavy atom. The van der Waals surface area contributed by atoms with Gasteiger partial charge in [-0.3, -0.25) is 9.36 Å². The number of carbonyl (C=O) groups is 1. The molecule has 11 heteroatoms. The highest BCUT2D eigenvalue weighted by molar-refractivity contribution is 7.07. The van der Waals surface area contributed by atoms with Gasteiger partial charge in [-0.05, 0) is 61.4 Å². The van der Waals surface area contributed by atoms with Crippen LogP contribution in [0.25, 0.3) is 22.7 Å². The van der Waals surface area contributed by atoms with Gasteiger partial charge in [0.2, 0.25) is 0 Å². The topological polar surface area (TPSA) is 84.1 Å². The molecule has 0 unspecified atom stereocenters. The third-order valence-electron chi connectivity index (χ3n) is 9.00. The SMILES string of the molecule is CCOC(=O)C1=C(c2ccccc2)N=c2s/c(=C\c3c(C)n(Cc4ccc(Cl)cc4Cl)c4ccccc34)c(=O)n2[C@H]1c1ccc(OC)c(OC)c1. The lowest BCUT2D eigenvalue weighted by Gasteiger charge is -2.26. The third kappa shape index (κ3) is 6.26. The number of ether oxygens (including phenoxy) is 3. The van der Waals surface area contributed by atoms with Gasteiger partial charge >= 0.3 is 5.97 Å². The first kappa shape index (κ1) is 34.4. The predicted molar refractivity (Wildman–Crippen MR) is 203 cm³/mol. The quantitative estimate of drug-likeness (QED) is 0.143. The van der Waals surface area contributed by atoms with Crippen molar-refractivity contribution < 1.29 is 19.0 Å². The summed E-state index contributed by atoms with van der Waals surface area (Å²) in [5.74, 6) is 0.419. The average molecular weight is 739 g/mol. The van der Waals surface area contributed by atoms with Crippen LogP contribution in [-0.4, -0.2) is 35.9 Å². The van der Waals surface area contributed by atoms with Gasteiger partial charge in [-0.25, -0.2) is 9.79 Å². The van der Waals surface area contributed by atoms with Crippen molar-refractivity contribution in [2.45, 2.75) is 26.4 Å². The number of carbonyl (C=O) groups excluding carboxylic acids is 1. The lowest BCUT2D eigenvalue weighted by atomic mass is 9.93. The second-order valence-corrected chi connectivity index (χ2v) is 13.7. The number of halogens is 2. The molecule has 51 heavy (non-hydrogen) atoms. The number of hydrogen-bond acceptors (Lipinski definition) is 7. The highest BCUT2D eigenvalue weighted by atomic mass is 35.5. The Labute approximate surface area is 308 Å². The van der Waals surface area contributed by atoms with E-state index in [1.807, 2.05) is 79.7 Å². The summed E-state index contributed by atoms with van der Waals surface area (Å²) in [6.07, 6.45) is 1.92. The molecular formula is C40H33Cl2N3O5S. The van der Waals surface area contributed by atoms with Crippen molar-refractivity contribution in [3.05, 3.63) is 154 Å². The number of aromatic nitrogens is 2. The molecule has 7 rings (SSSR count).